The first-order valence-corrected chi connectivity index (χ1v) is 9.42. The molecule has 6 nitrogen and oxygen atoms in total. The van der Waals surface area contributed by atoms with Crippen LogP contribution >= 0.6 is 11.3 Å². The van der Waals surface area contributed by atoms with E-state index >= 15 is 0 Å². The minimum Gasteiger partial charge on any atom is -0.497 e. The van der Waals surface area contributed by atoms with Crippen LogP contribution in [0.4, 0.5) is 5.69 Å². The number of hydrogen-bond donors (Lipinski definition) is 1. The predicted molar refractivity (Wildman–Crippen MR) is 105 cm³/mol. The number of carbonyl (C=O) groups is 1. The van der Waals surface area contributed by atoms with Gasteiger partial charge in [0, 0.05) is 34.9 Å². The maximum absolute atomic E-state index is 11.7. The molecule has 1 aliphatic heterocycles. The Morgan fingerprint density at radius 2 is 1.96 bits per heavy atom. The zero-order valence-corrected chi connectivity index (χ0v) is 15.6. The number of nitrogens with zero attached hydrogens (tertiary/aromatic N) is 1. The molecule has 0 unspecified atom stereocenters. The van der Waals surface area contributed by atoms with E-state index in [1.54, 1.807) is 13.2 Å². The number of carboxylic acids is 1. The molecule has 1 aromatic heterocycles. The van der Waals surface area contributed by atoms with Crippen molar-refractivity contribution in [1.29, 1.82) is 0 Å². The Labute approximate surface area is 160 Å². The van der Waals surface area contributed by atoms with Crippen molar-refractivity contribution in [3.05, 3.63) is 47.3 Å². The van der Waals surface area contributed by atoms with Gasteiger partial charge in [-0.25, -0.2) is 4.79 Å². The van der Waals surface area contributed by atoms with Gasteiger partial charge in [0.05, 0.1) is 20.3 Å². The van der Waals surface area contributed by atoms with Gasteiger partial charge < -0.3 is 24.2 Å². The summed E-state index contributed by atoms with van der Waals surface area (Å²) in [5.74, 6) is 0.600. The molecule has 4 rings (SSSR count). The molecule has 0 saturated carbocycles. The van der Waals surface area contributed by atoms with E-state index in [1.807, 2.05) is 36.4 Å². The summed E-state index contributed by atoms with van der Waals surface area (Å²) in [5.41, 5.74) is 1.03. The Kier molecular flexibility index (Phi) is 4.87. The Balaban J connectivity index is 1.72. The number of aromatic carboxylic acids is 1. The number of carboxylic acid groups (broad SMARTS) is 1. The molecule has 0 bridgehead atoms. The first-order valence-electron chi connectivity index (χ1n) is 8.60. The first kappa shape index (κ1) is 17.6. The van der Waals surface area contributed by atoms with Gasteiger partial charge in [0.25, 0.3) is 0 Å². The topological polar surface area (TPSA) is 68.2 Å². The number of morpholine rings is 1. The normalized spacial score (nSPS) is 14.3. The Hall–Kier alpha value is -2.77. The number of methoxy groups -OCH3 is 1. The average molecular weight is 385 g/mol. The van der Waals surface area contributed by atoms with Crippen LogP contribution in [-0.2, 0) is 4.74 Å². The summed E-state index contributed by atoms with van der Waals surface area (Å²) < 4.78 is 17.6. The van der Waals surface area contributed by atoms with E-state index in [-0.39, 0.29) is 4.88 Å². The number of fused-ring (bicyclic) bond motifs is 1. The highest BCUT2D eigenvalue weighted by Gasteiger charge is 2.21. The molecule has 1 fully saturated rings. The molecule has 0 radical (unpaired) electrons. The van der Waals surface area contributed by atoms with Gasteiger partial charge in [0.15, 0.2) is 10.6 Å². The second-order valence-electron chi connectivity index (χ2n) is 6.13. The van der Waals surface area contributed by atoms with Crippen LogP contribution < -0.4 is 14.4 Å². The molecular formula is C20H19NO5S. The van der Waals surface area contributed by atoms with Gasteiger partial charge in [-0.15, -0.1) is 11.3 Å². The SMILES string of the molecule is COc1ccc2sc(C(=O)O)c(Oc3cccc(N4CCOCC4)c3)c2c1. The third-order valence-corrected chi connectivity index (χ3v) is 5.60. The fourth-order valence-electron chi connectivity index (χ4n) is 3.11. The highest BCUT2D eigenvalue weighted by Crippen LogP contribution is 2.42. The van der Waals surface area contributed by atoms with Crippen molar-refractivity contribution in [1.82, 2.24) is 0 Å². The summed E-state index contributed by atoms with van der Waals surface area (Å²) in [5, 5.41) is 10.3. The Morgan fingerprint density at radius 3 is 2.70 bits per heavy atom. The molecule has 2 heterocycles. The average Bonchev–Trinajstić information content (AvgIpc) is 3.07. The van der Waals surface area contributed by atoms with E-state index in [1.165, 1.54) is 11.3 Å². The van der Waals surface area contributed by atoms with E-state index in [0.29, 0.717) is 30.5 Å². The molecular weight excluding hydrogens is 366 g/mol. The number of anilines is 1. The molecule has 0 atom stereocenters. The predicted octanol–water partition coefficient (Wildman–Crippen LogP) is 4.24. The van der Waals surface area contributed by atoms with E-state index < -0.39 is 5.97 Å². The highest BCUT2D eigenvalue weighted by atomic mass is 32.1. The van der Waals surface area contributed by atoms with Crippen LogP contribution in [0.15, 0.2) is 42.5 Å². The van der Waals surface area contributed by atoms with Crippen LogP contribution in [0, 0.1) is 0 Å². The van der Waals surface area contributed by atoms with Crippen LogP contribution in [0.5, 0.6) is 17.2 Å². The number of ether oxygens (including phenoxy) is 3. The van der Waals surface area contributed by atoms with E-state index in [0.717, 1.165) is 28.9 Å². The van der Waals surface area contributed by atoms with Crippen LogP contribution in [-0.4, -0.2) is 44.5 Å². The van der Waals surface area contributed by atoms with Gasteiger partial charge in [-0.05, 0) is 30.3 Å². The van der Waals surface area contributed by atoms with Crippen LogP contribution in [0.25, 0.3) is 10.1 Å². The Morgan fingerprint density at radius 1 is 1.15 bits per heavy atom. The summed E-state index contributed by atoms with van der Waals surface area (Å²) in [6.45, 7) is 3.04. The smallest absolute Gasteiger partial charge is 0.349 e. The maximum atomic E-state index is 11.7. The largest absolute Gasteiger partial charge is 0.497 e. The minimum atomic E-state index is -1.01. The number of hydrogen-bond acceptors (Lipinski definition) is 6. The zero-order chi connectivity index (χ0) is 18.8. The molecule has 2 aromatic carbocycles. The van der Waals surface area contributed by atoms with E-state index in [9.17, 15) is 9.90 Å². The van der Waals surface area contributed by atoms with Crippen molar-refractivity contribution in [2.45, 2.75) is 0 Å². The van der Waals surface area contributed by atoms with Crippen LogP contribution in [0.2, 0.25) is 0 Å². The van der Waals surface area contributed by atoms with Crippen LogP contribution in [0.3, 0.4) is 0 Å². The number of thiophene rings is 1. The minimum absolute atomic E-state index is 0.176. The van der Waals surface area contributed by atoms with Crippen molar-refractivity contribution < 1.29 is 24.1 Å². The van der Waals surface area contributed by atoms with Crippen molar-refractivity contribution >= 4 is 33.1 Å². The fraction of sp³-hybridized carbons (Fsp3) is 0.250. The quantitative estimate of drug-likeness (QED) is 0.709. The summed E-state index contributed by atoms with van der Waals surface area (Å²) in [6, 6.07) is 13.2. The van der Waals surface area contributed by atoms with Gasteiger partial charge in [0.1, 0.15) is 11.5 Å². The lowest BCUT2D eigenvalue weighted by atomic mass is 10.2. The molecule has 0 spiro atoms. The van der Waals surface area contributed by atoms with Crippen molar-refractivity contribution in [2.75, 3.05) is 38.3 Å². The van der Waals surface area contributed by atoms with Gasteiger partial charge in [-0.1, -0.05) is 6.07 Å². The molecule has 1 aliphatic rings. The lowest BCUT2D eigenvalue weighted by molar-refractivity contribution is 0.0700. The van der Waals surface area contributed by atoms with Gasteiger partial charge in [-0.3, -0.25) is 0 Å². The summed E-state index contributed by atoms with van der Waals surface area (Å²) in [7, 11) is 1.58. The van der Waals surface area contributed by atoms with Gasteiger partial charge in [0.2, 0.25) is 0 Å². The number of benzene rings is 2. The van der Waals surface area contributed by atoms with Crippen molar-refractivity contribution in [3.63, 3.8) is 0 Å². The van der Waals surface area contributed by atoms with Crippen LogP contribution in [0.1, 0.15) is 9.67 Å². The summed E-state index contributed by atoms with van der Waals surface area (Å²) in [6.07, 6.45) is 0. The van der Waals surface area contributed by atoms with Gasteiger partial charge >= 0.3 is 5.97 Å². The molecule has 0 aliphatic carbocycles. The third-order valence-electron chi connectivity index (χ3n) is 4.46. The lowest BCUT2D eigenvalue weighted by Gasteiger charge is -2.29. The third kappa shape index (κ3) is 3.56. The second kappa shape index (κ2) is 7.46. The molecule has 27 heavy (non-hydrogen) atoms. The fourth-order valence-corrected chi connectivity index (χ4v) is 4.06. The second-order valence-corrected chi connectivity index (χ2v) is 7.18. The Bertz CT molecular complexity index is 978. The molecule has 0 amide bonds. The molecule has 140 valence electrons. The van der Waals surface area contributed by atoms with E-state index in [4.69, 9.17) is 14.2 Å². The maximum Gasteiger partial charge on any atom is 0.349 e. The summed E-state index contributed by atoms with van der Waals surface area (Å²) in [4.78, 5) is 14.1. The standard InChI is InChI=1S/C20H19NO5S/c1-24-14-5-6-17-16(12-14)18(19(27-17)20(22)23)26-15-4-2-3-13(11-15)21-7-9-25-10-8-21/h2-6,11-12H,7-10H2,1H3,(H,22,23). The van der Waals surface area contributed by atoms with Crippen molar-refractivity contribution in [3.8, 4) is 17.2 Å². The van der Waals surface area contributed by atoms with E-state index in [2.05, 4.69) is 4.90 Å². The van der Waals surface area contributed by atoms with Crippen molar-refractivity contribution in [2.24, 2.45) is 0 Å². The molecule has 1 saturated heterocycles. The molecule has 3 aromatic rings. The molecule has 1 N–H and O–H groups in total. The highest BCUT2D eigenvalue weighted by molar-refractivity contribution is 7.21. The first-order chi connectivity index (χ1) is 13.2. The summed E-state index contributed by atoms with van der Waals surface area (Å²) >= 11 is 1.20. The lowest BCUT2D eigenvalue weighted by Crippen LogP contribution is -2.36. The number of rotatable bonds is 5. The van der Waals surface area contributed by atoms with Gasteiger partial charge in [-0.2, -0.15) is 0 Å². The molecule has 7 heteroatoms. The zero-order valence-electron chi connectivity index (χ0n) is 14.8. The monoisotopic (exact) mass is 385 g/mol.